The topological polar surface area (TPSA) is 38.0 Å². The van der Waals surface area contributed by atoms with E-state index in [1.54, 1.807) is 0 Å². The zero-order chi connectivity index (χ0) is 23.8. The molecule has 0 saturated heterocycles. The first-order valence-corrected chi connectivity index (χ1v) is 11.8. The number of anilines is 2. The Bertz CT molecular complexity index is 1220. The fourth-order valence-electron chi connectivity index (χ4n) is 4.40. The summed E-state index contributed by atoms with van der Waals surface area (Å²) in [5.41, 5.74) is 15.7. The van der Waals surface area contributed by atoms with Crippen LogP contribution in [-0.2, 0) is 0 Å². The van der Waals surface area contributed by atoms with E-state index >= 15 is 0 Å². The molecule has 1 heterocycles. The van der Waals surface area contributed by atoms with E-state index < -0.39 is 0 Å². The van der Waals surface area contributed by atoms with Crippen molar-refractivity contribution in [1.29, 1.82) is 0 Å². The molecule has 3 heteroatoms. The fourth-order valence-corrected chi connectivity index (χ4v) is 4.40. The van der Waals surface area contributed by atoms with Gasteiger partial charge in [-0.15, -0.1) is 0 Å². The Balaban J connectivity index is 0.000000336. The number of benzene rings is 4. The summed E-state index contributed by atoms with van der Waals surface area (Å²) >= 11 is 0. The lowest BCUT2D eigenvalue weighted by Crippen LogP contribution is -2.53. The molecule has 0 amide bonds. The van der Waals surface area contributed by atoms with Gasteiger partial charge < -0.3 is 11.1 Å². The SMILES string of the molecule is C/C=C\c1cc(B(c2ccccc2)c2ccccc2)c2c(c1N)NCC=C2.Cc1ccccc1. The van der Waals surface area contributed by atoms with Gasteiger partial charge in [-0.05, 0) is 25.0 Å². The maximum atomic E-state index is 6.49. The van der Waals surface area contributed by atoms with Crippen molar-refractivity contribution in [3.63, 3.8) is 0 Å². The molecule has 0 fully saturated rings. The zero-order valence-electron chi connectivity index (χ0n) is 19.9. The minimum Gasteiger partial charge on any atom is -0.397 e. The van der Waals surface area contributed by atoms with Crippen LogP contribution in [-0.4, -0.2) is 13.3 Å². The highest BCUT2D eigenvalue weighted by Crippen LogP contribution is 2.30. The van der Waals surface area contributed by atoms with Crippen LogP contribution in [0, 0.1) is 6.92 Å². The lowest BCUT2D eigenvalue weighted by molar-refractivity contribution is 1.32. The van der Waals surface area contributed by atoms with Crippen LogP contribution in [0.1, 0.15) is 23.6 Å². The maximum Gasteiger partial charge on any atom is 0.242 e. The summed E-state index contributed by atoms with van der Waals surface area (Å²) < 4.78 is 0. The zero-order valence-corrected chi connectivity index (χ0v) is 19.9. The highest BCUT2D eigenvalue weighted by Gasteiger charge is 2.27. The summed E-state index contributed by atoms with van der Waals surface area (Å²) in [6, 6.07) is 33.9. The van der Waals surface area contributed by atoms with Gasteiger partial charge in [-0.1, -0.05) is 143 Å². The molecule has 1 aliphatic heterocycles. The Hall–Kier alpha value is -3.98. The van der Waals surface area contributed by atoms with E-state index in [1.807, 2.05) is 31.2 Å². The van der Waals surface area contributed by atoms with Crippen LogP contribution >= 0.6 is 0 Å². The second-order valence-electron chi connectivity index (χ2n) is 8.45. The normalized spacial score (nSPS) is 11.8. The van der Waals surface area contributed by atoms with Crippen molar-refractivity contribution < 1.29 is 0 Å². The van der Waals surface area contributed by atoms with E-state index in [0.717, 1.165) is 23.5 Å². The first kappa shape index (κ1) is 23.2. The fraction of sp³-hybridized carbons (Fsp3) is 0.0968. The van der Waals surface area contributed by atoms with E-state index in [1.165, 1.54) is 27.5 Å². The molecular weight excluding hydrogens is 411 g/mol. The van der Waals surface area contributed by atoms with Crippen molar-refractivity contribution >= 4 is 46.6 Å². The molecule has 3 N–H and O–H groups in total. The standard InChI is InChI=1S/C24H23BN2.C7H8/c1-2-10-18-17-22(21-15-9-16-27-24(21)23(18)26)25(19-11-5-3-6-12-19)20-13-7-4-8-14-20;1-7-5-3-2-4-6-7/h2-15,17,27H,16,26H2,1H3;2-6H,1H3/b10-2-;. The van der Waals surface area contributed by atoms with Crippen LogP contribution in [0.3, 0.4) is 0 Å². The lowest BCUT2D eigenvalue weighted by atomic mass is 9.36. The molecule has 0 aliphatic carbocycles. The molecule has 0 aromatic heterocycles. The highest BCUT2D eigenvalue weighted by molar-refractivity contribution is 6.96. The third-order valence-corrected chi connectivity index (χ3v) is 6.02. The number of nitrogens with two attached hydrogens (primary N) is 1. The summed E-state index contributed by atoms with van der Waals surface area (Å²) in [6.07, 6.45) is 8.50. The molecule has 0 unspecified atom stereocenters. The van der Waals surface area contributed by atoms with E-state index in [4.69, 9.17) is 5.73 Å². The van der Waals surface area contributed by atoms with Crippen LogP contribution in [0.5, 0.6) is 0 Å². The minimum atomic E-state index is 0.148. The van der Waals surface area contributed by atoms with E-state index in [9.17, 15) is 0 Å². The highest BCUT2D eigenvalue weighted by atomic mass is 14.9. The Morgan fingerprint density at radius 3 is 1.88 bits per heavy atom. The first-order chi connectivity index (χ1) is 16.7. The Morgan fingerprint density at radius 2 is 1.38 bits per heavy atom. The number of nitrogens with one attached hydrogen (secondary N) is 1. The summed E-state index contributed by atoms with van der Waals surface area (Å²) in [4.78, 5) is 0. The molecule has 168 valence electrons. The van der Waals surface area contributed by atoms with Crippen LogP contribution in [0.2, 0.25) is 0 Å². The van der Waals surface area contributed by atoms with Gasteiger partial charge in [0, 0.05) is 6.54 Å². The Morgan fingerprint density at radius 1 is 0.824 bits per heavy atom. The molecule has 1 aliphatic rings. The van der Waals surface area contributed by atoms with E-state index in [2.05, 4.69) is 109 Å². The number of rotatable bonds is 4. The molecule has 5 rings (SSSR count). The first-order valence-electron chi connectivity index (χ1n) is 11.8. The van der Waals surface area contributed by atoms with Crippen LogP contribution in [0.25, 0.3) is 12.2 Å². The lowest BCUT2D eigenvalue weighted by Gasteiger charge is -2.25. The predicted octanol–water partition coefficient (Wildman–Crippen LogP) is 5.25. The molecule has 0 spiro atoms. The number of nitrogen functional groups attached to an aromatic ring is 1. The molecule has 2 nitrogen and oxygen atoms in total. The van der Waals surface area contributed by atoms with Gasteiger partial charge >= 0.3 is 0 Å². The van der Waals surface area contributed by atoms with Gasteiger partial charge in [0.05, 0.1) is 11.4 Å². The largest absolute Gasteiger partial charge is 0.397 e. The van der Waals surface area contributed by atoms with Crippen LogP contribution in [0.4, 0.5) is 11.4 Å². The van der Waals surface area contributed by atoms with Gasteiger partial charge in [0.2, 0.25) is 6.71 Å². The quantitative estimate of drug-likeness (QED) is 0.335. The summed E-state index contributed by atoms with van der Waals surface area (Å²) in [7, 11) is 0. The number of hydrogen-bond donors (Lipinski definition) is 2. The molecule has 4 aromatic carbocycles. The van der Waals surface area contributed by atoms with E-state index in [0.29, 0.717) is 0 Å². The van der Waals surface area contributed by atoms with Crippen molar-refractivity contribution in [2.24, 2.45) is 0 Å². The smallest absolute Gasteiger partial charge is 0.242 e. The summed E-state index contributed by atoms with van der Waals surface area (Å²) in [6.45, 7) is 5.06. The van der Waals surface area contributed by atoms with E-state index in [-0.39, 0.29) is 6.71 Å². The van der Waals surface area contributed by atoms with Crippen molar-refractivity contribution in [2.75, 3.05) is 17.6 Å². The second-order valence-corrected chi connectivity index (χ2v) is 8.45. The third kappa shape index (κ3) is 5.32. The molecule has 4 aromatic rings. The minimum absolute atomic E-state index is 0.148. The van der Waals surface area contributed by atoms with Crippen molar-refractivity contribution in [1.82, 2.24) is 0 Å². The average Bonchev–Trinajstić information content (AvgIpc) is 2.89. The summed E-state index contributed by atoms with van der Waals surface area (Å²) in [5.74, 6) is 0. The second kappa shape index (κ2) is 11.2. The molecule has 0 bridgehead atoms. The van der Waals surface area contributed by atoms with Crippen LogP contribution in [0.15, 0.2) is 109 Å². The third-order valence-electron chi connectivity index (χ3n) is 6.02. The predicted molar refractivity (Wildman–Crippen MR) is 152 cm³/mol. The van der Waals surface area contributed by atoms with Gasteiger partial charge in [0.25, 0.3) is 0 Å². The molecule has 0 saturated carbocycles. The molecule has 0 radical (unpaired) electrons. The van der Waals surface area contributed by atoms with Crippen LogP contribution < -0.4 is 27.4 Å². The number of allylic oxidation sites excluding steroid dienone is 1. The van der Waals surface area contributed by atoms with Gasteiger partial charge in [-0.2, -0.15) is 0 Å². The maximum absolute atomic E-state index is 6.49. The molecule has 0 atom stereocenters. The molecular formula is C31H31BN2. The monoisotopic (exact) mass is 442 g/mol. The van der Waals surface area contributed by atoms with Crippen molar-refractivity contribution in [3.8, 4) is 0 Å². The van der Waals surface area contributed by atoms with Gasteiger partial charge in [-0.25, -0.2) is 0 Å². The van der Waals surface area contributed by atoms with Crippen molar-refractivity contribution in [3.05, 3.63) is 126 Å². The van der Waals surface area contributed by atoms with Crippen molar-refractivity contribution in [2.45, 2.75) is 13.8 Å². The number of fused-ring (bicyclic) bond motifs is 1. The number of hydrogen-bond acceptors (Lipinski definition) is 2. The Labute approximate surface area is 203 Å². The summed E-state index contributed by atoms with van der Waals surface area (Å²) in [5, 5.41) is 3.48. The molecule has 34 heavy (non-hydrogen) atoms. The number of aryl methyl sites for hydroxylation is 1. The van der Waals surface area contributed by atoms with Gasteiger partial charge in [0.1, 0.15) is 0 Å². The van der Waals surface area contributed by atoms with Gasteiger partial charge in [0.15, 0.2) is 0 Å². The average molecular weight is 442 g/mol. The van der Waals surface area contributed by atoms with Gasteiger partial charge in [-0.3, -0.25) is 0 Å². The Kier molecular flexibility index (Phi) is 7.67.